The molecule has 2 rings (SSSR count). The smallest absolute Gasteiger partial charge is 0.326 e. The summed E-state index contributed by atoms with van der Waals surface area (Å²) in [7, 11) is 0. The van der Waals surface area contributed by atoms with Crippen molar-refractivity contribution >= 4 is 11.9 Å². The lowest BCUT2D eigenvalue weighted by Gasteiger charge is -2.30. The Morgan fingerprint density at radius 1 is 1.36 bits per heavy atom. The standard InChI is InChI=1S/C17H23NO4/c1-17(2,3)22-9-8-14(16(20)21)18-15(19)13-10-11-6-4-5-7-12(11)13/h4-7,13-14H,8-10H2,1-3H3,(H,18,19)(H,20,21). The Labute approximate surface area is 130 Å². The van der Waals surface area contributed by atoms with Crippen LogP contribution in [0.1, 0.15) is 44.2 Å². The number of nitrogens with one attached hydrogen (secondary N) is 1. The predicted octanol–water partition coefficient (Wildman–Crippen LogP) is 2.10. The molecular weight excluding hydrogens is 282 g/mol. The van der Waals surface area contributed by atoms with Gasteiger partial charge in [-0.2, -0.15) is 0 Å². The van der Waals surface area contributed by atoms with E-state index in [0.717, 1.165) is 11.1 Å². The average molecular weight is 305 g/mol. The van der Waals surface area contributed by atoms with E-state index in [-0.39, 0.29) is 23.8 Å². The van der Waals surface area contributed by atoms with Crippen LogP contribution in [0.5, 0.6) is 0 Å². The number of hydrogen-bond acceptors (Lipinski definition) is 3. The molecular formula is C17H23NO4. The van der Waals surface area contributed by atoms with Gasteiger partial charge >= 0.3 is 5.97 Å². The van der Waals surface area contributed by atoms with Crippen molar-refractivity contribution in [1.29, 1.82) is 0 Å². The van der Waals surface area contributed by atoms with Crippen molar-refractivity contribution in [3.63, 3.8) is 0 Å². The minimum atomic E-state index is -1.03. The lowest BCUT2D eigenvalue weighted by molar-refractivity contribution is -0.143. The van der Waals surface area contributed by atoms with Gasteiger partial charge in [0.05, 0.1) is 11.5 Å². The summed E-state index contributed by atoms with van der Waals surface area (Å²) in [6.45, 7) is 6.02. The maximum Gasteiger partial charge on any atom is 0.326 e. The number of amides is 1. The monoisotopic (exact) mass is 305 g/mol. The summed E-state index contributed by atoms with van der Waals surface area (Å²) < 4.78 is 5.53. The average Bonchev–Trinajstić information content (AvgIpc) is 2.37. The third-order valence-corrected chi connectivity index (χ3v) is 3.73. The zero-order valence-electron chi connectivity index (χ0n) is 13.3. The molecule has 1 aromatic rings. The second-order valence-corrected chi connectivity index (χ2v) is 6.60. The maximum absolute atomic E-state index is 12.2. The molecule has 0 aliphatic heterocycles. The highest BCUT2D eigenvalue weighted by atomic mass is 16.5. The van der Waals surface area contributed by atoms with E-state index in [0.29, 0.717) is 13.0 Å². The van der Waals surface area contributed by atoms with E-state index >= 15 is 0 Å². The Morgan fingerprint density at radius 3 is 2.64 bits per heavy atom. The van der Waals surface area contributed by atoms with Crippen LogP contribution in [-0.4, -0.2) is 35.2 Å². The van der Waals surface area contributed by atoms with Gasteiger partial charge in [-0.25, -0.2) is 4.79 Å². The van der Waals surface area contributed by atoms with Gasteiger partial charge in [0.25, 0.3) is 0 Å². The first-order valence-corrected chi connectivity index (χ1v) is 7.53. The summed E-state index contributed by atoms with van der Waals surface area (Å²) >= 11 is 0. The van der Waals surface area contributed by atoms with Crippen molar-refractivity contribution in [2.45, 2.75) is 51.2 Å². The number of aliphatic carboxylic acids is 1. The van der Waals surface area contributed by atoms with Crippen LogP contribution in [0, 0.1) is 0 Å². The number of rotatable bonds is 6. The molecule has 22 heavy (non-hydrogen) atoms. The SMILES string of the molecule is CC(C)(C)OCCC(NC(=O)C1Cc2ccccc21)C(=O)O. The van der Waals surface area contributed by atoms with Gasteiger partial charge in [0.1, 0.15) is 6.04 Å². The molecule has 0 heterocycles. The van der Waals surface area contributed by atoms with Crippen molar-refractivity contribution in [2.75, 3.05) is 6.61 Å². The quantitative estimate of drug-likeness (QED) is 0.844. The third kappa shape index (κ3) is 4.07. The van der Waals surface area contributed by atoms with Crippen molar-refractivity contribution in [3.05, 3.63) is 35.4 Å². The molecule has 5 nitrogen and oxygen atoms in total. The zero-order chi connectivity index (χ0) is 16.3. The van der Waals surface area contributed by atoms with Crippen molar-refractivity contribution in [1.82, 2.24) is 5.32 Å². The van der Waals surface area contributed by atoms with Crippen LogP contribution >= 0.6 is 0 Å². The van der Waals surface area contributed by atoms with Gasteiger partial charge in [0.2, 0.25) is 5.91 Å². The zero-order valence-corrected chi connectivity index (χ0v) is 13.3. The lowest BCUT2D eigenvalue weighted by Crippen LogP contribution is -2.46. The Hall–Kier alpha value is -1.88. The molecule has 1 aliphatic carbocycles. The fourth-order valence-electron chi connectivity index (χ4n) is 2.51. The number of carbonyl (C=O) groups is 2. The summed E-state index contributed by atoms with van der Waals surface area (Å²) in [6.07, 6.45) is 0.930. The molecule has 2 atom stereocenters. The molecule has 0 spiro atoms. The molecule has 1 aromatic carbocycles. The summed E-state index contributed by atoms with van der Waals surface area (Å²) in [4.78, 5) is 23.5. The first-order chi connectivity index (χ1) is 10.3. The number of ether oxygens (including phenoxy) is 1. The lowest BCUT2D eigenvalue weighted by atomic mass is 9.77. The Morgan fingerprint density at radius 2 is 2.05 bits per heavy atom. The van der Waals surface area contributed by atoms with E-state index in [2.05, 4.69) is 5.32 Å². The number of fused-ring (bicyclic) bond motifs is 1. The normalized spacial score (nSPS) is 18.0. The second kappa shape index (κ2) is 6.48. The number of carbonyl (C=O) groups excluding carboxylic acids is 1. The molecule has 5 heteroatoms. The summed E-state index contributed by atoms with van der Waals surface area (Å²) in [5.41, 5.74) is 1.83. The number of hydrogen-bond donors (Lipinski definition) is 2. The number of carboxylic acids is 1. The van der Waals surface area contributed by atoms with Crippen molar-refractivity contribution in [3.8, 4) is 0 Å². The topological polar surface area (TPSA) is 75.6 Å². The molecule has 0 saturated heterocycles. The fourth-order valence-corrected chi connectivity index (χ4v) is 2.51. The first kappa shape index (κ1) is 16.5. The highest BCUT2D eigenvalue weighted by Crippen LogP contribution is 2.34. The molecule has 2 N–H and O–H groups in total. The van der Waals surface area contributed by atoms with Gasteiger partial charge in [-0.3, -0.25) is 4.79 Å². The van der Waals surface area contributed by atoms with Crippen LogP contribution in [0.25, 0.3) is 0 Å². The minimum Gasteiger partial charge on any atom is -0.480 e. The highest BCUT2D eigenvalue weighted by molar-refractivity contribution is 5.90. The van der Waals surface area contributed by atoms with E-state index in [1.165, 1.54) is 0 Å². The predicted molar refractivity (Wildman–Crippen MR) is 82.8 cm³/mol. The van der Waals surface area contributed by atoms with E-state index in [9.17, 15) is 14.7 Å². The van der Waals surface area contributed by atoms with Gasteiger partial charge in [-0.1, -0.05) is 24.3 Å². The van der Waals surface area contributed by atoms with Crippen molar-refractivity contribution < 1.29 is 19.4 Å². The van der Waals surface area contributed by atoms with E-state index in [4.69, 9.17) is 4.74 Å². The summed E-state index contributed by atoms with van der Waals surface area (Å²) in [5.74, 6) is -1.48. The molecule has 2 unspecified atom stereocenters. The Kier molecular flexibility index (Phi) is 4.86. The number of carboxylic acid groups (broad SMARTS) is 1. The van der Waals surface area contributed by atoms with Crippen LogP contribution in [0.3, 0.4) is 0 Å². The van der Waals surface area contributed by atoms with Gasteiger partial charge in [0.15, 0.2) is 0 Å². The van der Waals surface area contributed by atoms with Crippen LogP contribution < -0.4 is 5.32 Å². The van der Waals surface area contributed by atoms with Gasteiger partial charge in [0, 0.05) is 13.0 Å². The summed E-state index contributed by atoms with van der Waals surface area (Å²) in [6, 6.07) is 6.83. The van der Waals surface area contributed by atoms with Crippen LogP contribution in [0.4, 0.5) is 0 Å². The first-order valence-electron chi connectivity index (χ1n) is 7.53. The molecule has 1 aliphatic rings. The van der Waals surface area contributed by atoms with Gasteiger partial charge in [-0.05, 0) is 38.3 Å². The van der Waals surface area contributed by atoms with E-state index < -0.39 is 12.0 Å². The Balaban J connectivity index is 1.89. The highest BCUT2D eigenvalue weighted by Gasteiger charge is 2.33. The van der Waals surface area contributed by atoms with Crippen LogP contribution in [0.15, 0.2) is 24.3 Å². The minimum absolute atomic E-state index is 0.221. The maximum atomic E-state index is 12.2. The van der Waals surface area contributed by atoms with Gasteiger partial charge in [-0.15, -0.1) is 0 Å². The van der Waals surface area contributed by atoms with E-state index in [1.807, 2.05) is 45.0 Å². The largest absolute Gasteiger partial charge is 0.480 e. The van der Waals surface area contributed by atoms with Crippen molar-refractivity contribution in [2.24, 2.45) is 0 Å². The fraction of sp³-hybridized carbons (Fsp3) is 0.529. The molecule has 0 aromatic heterocycles. The Bertz CT molecular complexity index is 562. The van der Waals surface area contributed by atoms with E-state index in [1.54, 1.807) is 0 Å². The molecule has 1 amide bonds. The number of benzene rings is 1. The molecule has 0 bridgehead atoms. The second-order valence-electron chi connectivity index (χ2n) is 6.60. The molecule has 0 radical (unpaired) electrons. The van der Waals surface area contributed by atoms with Gasteiger partial charge < -0.3 is 15.2 Å². The summed E-state index contributed by atoms with van der Waals surface area (Å²) in [5, 5.41) is 11.9. The van der Waals surface area contributed by atoms with Crippen LogP contribution in [0.2, 0.25) is 0 Å². The third-order valence-electron chi connectivity index (χ3n) is 3.73. The molecule has 120 valence electrons. The molecule has 0 saturated carbocycles. The molecule has 0 fully saturated rings. The van der Waals surface area contributed by atoms with Crippen LogP contribution in [-0.2, 0) is 20.7 Å².